The molecule has 0 fully saturated rings. The van der Waals surface area contributed by atoms with Crippen LogP contribution in [-0.4, -0.2) is 29.5 Å². The first-order valence-corrected chi connectivity index (χ1v) is 7.53. The third-order valence-electron chi connectivity index (χ3n) is 3.09. The highest BCUT2D eigenvalue weighted by Gasteiger charge is 2.21. The number of nitrogens with two attached hydrogens (primary N) is 1. The van der Waals surface area contributed by atoms with Gasteiger partial charge in [0.1, 0.15) is 5.75 Å². The van der Waals surface area contributed by atoms with Crippen LogP contribution in [0.2, 0.25) is 0 Å². The minimum Gasteiger partial charge on any atom is -0.496 e. The summed E-state index contributed by atoms with van der Waals surface area (Å²) in [6.45, 7) is 4.10. The molecule has 0 saturated carbocycles. The number of aromatic nitrogens is 2. The summed E-state index contributed by atoms with van der Waals surface area (Å²) >= 11 is 3.42. The number of carbonyl (C=O) groups is 1. The molecule has 1 aromatic heterocycles. The molecule has 0 atom stereocenters. The van der Waals surface area contributed by atoms with E-state index in [0.29, 0.717) is 34.8 Å². The van der Waals surface area contributed by atoms with Crippen molar-refractivity contribution in [1.82, 2.24) is 15.3 Å². The molecule has 0 spiro atoms. The zero-order valence-electron chi connectivity index (χ0n) is 12.6. The second-order valence-electron chi connectivity index (χ2n) is 4.59. The summed E-state index contributed by atoms with van der Waals surface area (Å²) in [5.74, 6) is 0.478. The number of benzene rings is 1. The van der Waals surface area contributed by atoms with Crippen molar-refractivity contribution in [3.05, 3.63) is 33.9 Å². The third-order valence-corrected chi connectivity index (χ3v) is 3.58. The van der Waals surface area contributed by atoms with Gasteiger partial charge in [0.15, 0.2) is 0 Å². The van der Waals surface area contributed by atoms with Gasteiger partial charge in [-0.25, -0.2) is 9.97 Å². The maximum Gasteiger partial charge on any atom is 0.255 e. The van der Waals surface area contributed by atoms with Crippen molar-refractivity contribution in [2.45, 2.75) is 13.8 Å². The number of carbonyl (C=O) groups excluding carboxylic acids is 1. The second kappa shape index (κ2) is 6.74. The molecule has 0 radical (unpaired) electrons. The molecule has 0 aliphatic rings. The van der Waals surface area contributed by atoms with E-state index in [9.17, 15) is 4.79 Å². The Morgan fingerprint density at radius 3 is 2.77 bits per heavy atom. The molecule has 0 saturated heterocycles. The van der Waals surface area contributed by atoms with Crippen LogP contribution in [0.15, 0.2) is 22.7 Å². The van der Waals surface area contributed by atoms with Crippen LogP contribution in [0.1, 0.15) is 23.0 Å². The summed E-state index contributed by atoms with van der Waals surface area (Å²) in [5, 5.41) is 2.77. The predicted molar refractivity (Wildman–Crippen MR) is 88.9 cm³/mol. The molecule has 2 aromatic rings. The van der Waals surface area contributed by atoms with Crippen molar-refractivity contribution in [2.75, 3.05) is 19.4 Å². The van der Waals surface area contributed by atoms with Crippen LogP contribution in [0.3, 0.4) is 0 Å². The van der Waals surface area contributed by atoms with Gasteiger partial charge in [-0.3, -0.25) is 4.79 Å². The summed E-state index contributed by atoms with van der Waals surface area (Å²) in [7, 11) is 1.57. The van der Waals surface area contributed by atoms with Crippen LogP contribution in [0, 0.1) is 6.92 Å². The zero-order valence-corrected chi connectivity index (χ0v) is 14.2. The van der Waals surface area contributed by atoms with Crippen molar-refractivity contribution < 1.29 is 9.53 Å². The Balaban J connectivity index is 2.74. The fourth-order valence-electron chi connectivity index (χ4n) is 2.18. The van der Waals surface area contributed by atoms with Crippen molar-refractivity contribution >= 4 is 27.8 Å². The molecule has 1 heterocycles. The number of hydrogen-bond acceptors (Lipinski definition) is 5. The molecule has 0 bridgehead atoms. The molecule has 7 heteroatoms. The summed E-state index contributed by atoms with van der Waals surface area (Å²) in [6.07, 6.45) is 0. The van der Waals surface area contributed by atoms with Gasteiger partial charge >= 0.3 is 0 Å². The highest BCUT2D eigenvalue weighted by Crippen LogP contribution is 2.34. The minimum atomic E-state index is -0.239. The van der Waals surface area contributed by atoms with Crippen LogP contribution in [0.5, 0.6) is 5.75 Å². The van der Waals surface area contributed by atoms with Gasteiger partial charge in [0.05, 0.1) is 24.1 Å². The number of rotatable bonds is 4. The van der Waals surface area contributed by atoms with E-state index in [1.807, 2.05) is 19.1 Å². The average molecular weight is 365 g/mol. The molecule has 116 valence electrons. The van der Waals surface area contributed by atoms with E-state index in [2.05, 4.69) is 31.2 Å². The average Bonchev–Trinajstić information content (AvgIpc) is 2.46. The number of ether oxygens (including phenoxy) is 1. The van der Waals surface area contributed by atoms with Crippen LogP contribution in [0.25, 0.3) is 11.3 Å². The molecular weight excluding hydrogens is 348 g/mol. The molecule has 0 unspecified atom stereocenters. The summed E-state index contributed by atoms with van der Waals surface area (Å²) in [5.41, 5.74) is 7.81. The zero-order chi connectivity index (χ0) is 16.3. The van der Waals surface area contributed by atoms with E-state index in [-0.39, 0.29) is 11.9 Å². The normalized spacial score (nSPS) is 10.4. The van der Waals surface area contributed by atoms with E-state index in [1.54, 1.807) is 20.1 Å². The molecule has 1 amide bonds. The summed E-state index contributed by atoms with van der Waals surface area (Å²) < 4.78 is 6.22. The Morgan fingerprint density at radius 1 is 1.41 bits per heavy atom. The van der Waals surface area contributed by atoms with Crippen LogP contribution >= 0.6 is 15.9 Å². The number of halogens is 1. The van der Waals surface area contributed by atoms with E-state index in [1.165, 1.54) is 0 Å². The Morgan fingerprint density at radius 2 is 2.14 bits per heavy atom. The largest absolute Gasteiger partial charge is 0.496 e. The monoisotopic (exact) mass is 364 g/mol. The van der Waals surface area contributed by atoms with Gasteiger partial charge in [-0.15, -0.1) is 0 Å². The first kappa shape index (κ1) is 16.2. The second-order valence-corrected chi connectivity index (χ2v) is 5.51. The Bertz CT molecular complexity index is 719. The number of nitrogens with one attached hydrogen (secondary N) is 1. The number of aryl methyl sites for hydroxylation is 1. The lowest BCUT2D eigenvalue weighted by Gasteiger charge is -2.14. The highest BCUT2D eigenvalue weighted by molar-refractivity contribution is 9.10. The minimum absolute atomic E-state index is 0.113. The summed E-state index contributed by atoms with van der Waals surface area (Å²) in [4.78, 5) is 20.7. The van der Waals surface area contributed by atoms with E-state index in [0.717, 1.165) is 4.47 Å². The van der Waals surface area contributed by atoms with Gasteiger partial charge in [-0.2, -0.15) is 0 Å². The number of methoxy groups -OCH3 is 1. The van der Waals surface area contributed by atoms with Crippen molar-refractivity contribution in [3.8, 4) is 17.0 Å². The van der Waals surface area contributed by atoms with E-state index in [4.69, 9.17) is 10.5 Å². The van der Waals surface area contributed by atoms with Gasteiger partial charge in [0, 0.05) is 16.6 Å². The van der Waals surface area contributed by atoms with Gasteiger partial charge in [0.2, 0.25) is 5.95 Å². The quantitative estimate of drug-likeness (QED) is 0.869. The highest BCUT2D eigenvalue weighted by atomic mass is 79.9. The molecule has 2 rings (SSSR count). The Labute approximate surface area is 137 Å². The maximum absolute atomic E-state index is 12.4. The molecule has 1 aromatic carbocycles. The number of nitrogens with zero attached hydrogens (tertiary/aromatic N) is 2. The van der Waals surface area contributed by atoms with Crippen LogP contribution in [0.4, 0.5) is 5.95 Å². The van der Waals surface area contributed by atoms with Crippen molar-refractivity contribution in [2.24, 2.45) is 0 Å². The molecular formula is C15H17BrN4O2. The Kier molecular flexibility index (Phi) is 4.97. The van der Waals surface area contributed by atoms with Crippen molar-refractivity contribution in [3.63, 3.8) is 0 Å². The lowest BCUT2D eigenvalue weighted by atomic mass is 10.0. The molecule has 3 N–H and O–H groups in total. The topological polar surface area (TPSA) is 90.1 Å². The van der Waals surface area contributed by atoms with E-state index >= 15 is 0 Å². The van der Waals surface area contributed by atoms with Gasteiger partial charge in [-0.05, 0) is 32.0 Å². The van der Waals surface area contributed by atoms with Crippen LogP contribution in [-0.2, 0) is 0 Å². The molecule has 6 nitrogen and oxygen atoms in total. The molecule has 0 aliphatic carbocycles. The molecule has 0 aliphatic heterocycles. The smallest absolute Gasteiger partial charge is 0.255 e. The number of hydrogen-bond donors (Lipinski definition) is 2. The van der Waals surface area contributed by atoms with Crippen LogP contribution < -0.4 is 15.8 Å². The SMILES string of the molecule is CCNC(=O)c1c(C)nc(N)nc1-c1cc(Br)ccc1OC. The fraction of sp³-hybridized carbons (Fsp3) is 0.267. The third kappa shape index (κ3) is 3.19. The Hall–Kier alpha value is -2.15. The van der Waals surface area contributed by atoms with Gasteiger partial charge < -0.3 is 15.8 Å². The first-order valence-electron chi connectivity index (χ1n) is 6.74. The lowest BCUT2D eigenvalue weighted by molar-refractivity contribution is 0.0955. The standard InChI is InChI=1S/C15H17BrN4O2/c1-4-18-14(21)12-8(2)19-15(17)20-13(12)10-7-9(16)5-6-11(10)22-3/h5-7H,4H2,1-3H3,(H,18,21)(H2,17,19,20). The van der Waals surface area contributed by atoms with Gasteiger partial charge in [-0.1, -0.05) is 15.9 Å². The lowest BCUT2D eigenvalue weighted by Crippen LogP contribution is -2.25. The maximum atomic E-state index is 12.4. The number of amides is 1. The number of nitrogen functional groups attached to an aromatic ring is 1. The first-order chi connectivity index (χ1) is 10.5. The van der Waals surface area contributed by atoms with E-state index < -0.39 is 0 Å². The predicted octanol–water partition coefficient (Wildman–Crippen LogP) is 2.56. The summed E-state index contributed by atoms with van der Waals surface area (Å²) in [6, 6.07) is 5.49. The number of anilines is 1. The molecule has 22 heavy (non-hydrogen) atoms. The fourth-order valence-corrected chi connectivity index (χ4v) is 2.54. The van der Waals surface area contributed by atoms with Crippen molar-refractivity contribution in [1.29, 1.82) is 0 Å². The van der Waals surface area contributed by atoms with Gasteiger partial charge in [0.25, 0.3) is 5.91 Å².